The van der Waals surface area contributed by atoms with Crippen molar-refractivity contribution >= 4 is 40.7 Å². The Morgan fingerprint density at radius 2 is 1.91 bits per heavy atom. The van der Waals surface area contributed by atoms with E-state index in [1.165, 1.54) is 12.1 Å². The van der Waals surface area contributed by atoms with Crippen LogP contribution in [0, 0.1) is 31.5 Å². The summed E-state index contributed by atoms with van der Waals surface area (Å²) >= 11 is 5.94. The van der Waals surface area contributed by atoms with E-state index in [0.29, 0.717) is 6.54 Å². The molecule has 1 spiro atoms. The second-order valence-corrected chi connectivity index (χ2v) is 9.57. The Morgan fingerprint density at radius 1 is 1.12 bits per heavy atom. The fraction of sp³-hybridized carbons (Fsp3) is 0.375. The van der Waals surface area contributed by atoms with Crippen LogP contribution in [0.4, 0.5) is 15.8 Å². The smallest absolute Gasteiger partial charge is 0.250 e. The van der Waals surface area contributed by atoms with Gasteiger partial charge in [0.2, 0.25) is 17.7 Å². The summed E-state index contributed by atoms with van der Waals surface area (Å²) in [6.07, 6.45) is 1.60. The first-order valence-electron chi connectivity index (χ1n) is 10.8. The van der Waals surface area contributed by atoms with Gasteiger partial charge in [0.15, 0.2) is 0 Å². The number of rotatable bonds is 1. The SMILES string of the molecule is Cc1ccc2c(c1C)NC(=O)[C@]21[C@@H]2C(=O)N(c3ccc(F)c(Cl)c3)C(=O)[C@@H]2[C@H]2CCCN21. The van der Waals surface area contributed by atoms with Crippen molar-refractivity contribution < 1.29 is 18.8 Å². The summed E-state index contributed by atoms with van der Waals surface area (Å²) in [5.41, 5.74) is 2.54. The first-order valence-corrected chi connectivity index (χ1v) is 11.2. The predicted octanol–water partition coefficient (Wildman–Crippen LogP) is 3.53. The highest BCUT2D eigenvalue weighted by atomic mass is 35.5. The highest BCUT2D eigenvalue weighted by Gasteiger charge is 2.74. The fourth-order valence-electron chi connectivity index (χ4n) is 6.40. The van der Waals surface area contributed by atoms with Crippen molar-refractivity contribution in [3.63, 3.8) is 0 Å². The molecule has 3 saturated heterocycles. The minimum Gasteiger partial charge on any atom is -0.324 e. The van der Waals surface area contributed by atoms with E-state index < -0.39 is 29.1 Å². The molecule has 2 aromatic rings. The largest absolute Gasteiger partial charge is 0.324 e. The minimum atomic E-state index is -1.22. The van der Waals surface area contributed by atoms with Gasteiger partial charge in [0, 0.05) is 17.3 Å². The number of hydrogen-bond donors (Lipinski definition) is 1. The first kappa shape index (κ1) is 19.9. The molecule has 6 rings (SSSR count). The summed E-state index contributed by atoms with van der Waals surface area (Å²) < 4.78 is 13.7. The van der Waals surface area contributed by atoms with E-state index >= 15 is 0 Å². The third kappa shape index (κ3) is 2.16. The minimum absolute atomic E-state index is 0.160. The normalized spacial score (nSPS) is 30.8. The summed E-state index contributed by atoms with van der Waals surface area (Å²) in [5.74, 6) is -3.12. The molecule has 4 aliphatic rings. The van der Waals surface area contributed by atoms with Crippen LogP contribution in [0.3, 0.4) is 0 Å². The standard InChI is InChI=1S/C24H21ClFN3O3/c1-11-5-7-14-20(12(11)2)27-23(32)24(14)19-18(17-4-3-9-28(17)24)21(30)29(22(19)31)13-6-8-16(26)15(25)10-13/h5-8,10,17-19H,3-4,9H2,1-2H3,(H,27,32)/t17-,18-,19+,24-/m1/s1. The summed E-state index contributed by atoms with van der Waals surface area (Å²) in [6, 6.07) is 7.51. The molecule has 0 unspecified atom stereocenters. The lowest BCUT2D eigenvalue weighted by molar-refractivity contribution is -0.135. The van der Waals surface area contributed by atoms with Gasteiger partial charge in [-0.1, -0.05) is 23.7 Å². The Morgan fingerprint density at radius 3 is 2.66 bits per heavy atom. The van der Waals surface area contributed by atoms with Crippen molar-refractivity contribution in [3.05, 3.63) is 57.9 Å². The van der Waals surface area contributed by atoms with Gasteiger partial charge in [-0.2, -0.15) is 0 Å². The molecule has 6 nitrogen and oxygen atoms in total. The van der Waals surface area contributed by atoms with E-state index in [9.17, 15) is 18.8 Å². The second kappa shape index (κ2) is 6.39. The molecule has 2 aromatic carbocycles. The zero-order valence-corrected chi connectivity index (χ0v) is 18.4. The van der Waals surface area contributed by atoms with Crippen LogP contribution in [-0.4, -0.2) is 35.2 Å². The van der Waals surface area contributed by atoms with Crippen LogP contribution in [-0.2, 0) is 19.9 Å². The maximum atomic E-state index is 13.9. The Hall–Kier alpha value is -2.77. The summed E-state index contributed by atoms with van der Waals surface area (Å²) in [6.45, 7) is 4.59. The van der Waals surface area contributed by atoms with Crippen LogP contribution in [0.15, 0.2) is 30.3 Å². The van der Waals surface area contributed by atoms with Gasteiger partial charge in [0.05, 0.1) is 22.5 Å². The number of nitrogens with one attached hydrogen (secondary N) is 1. The number of amides is 3. The zero-order valence-electron chi connectivity index (χ0n) is 17.6. The van der Waals surface area contributed by atoms with Crippen LogP contribution in [0.2, 0.25) is 5.02 Å². The van der Waals surface area contributed by atoms with E-state index in [1.54, 1.807) is 0 Å². The van der Waals surface area contributed by atoms with Crippen molar-refractivity contribution in [2.45, 2.75) is 38.3 Å². The van der Waals surface area contributed by atoms with Crippen LogP contribution >= 0.6 is 11.6 Å². The van der Waals surface area contributed by atoms with E-state index in [-0.39, 0.29) is 28.6 Å². The van der Waals surface area contributed by atoms with Crippen LogP contribution in [0.1, 0.15) is 29.5 Å². The molecule has 3 amide bonds. The van der Waals surface area contributed by atoms with Gasteiger partial charge in [-0.3, -0.25) is 19.3 Å². The highest BCUT2D eigenvalue weighted by Crippen LogP contribution is 2.61. The first-order chi connectivity index (χ1) is 15.3. The summed E-state index contributed by atoms with van der Waals surface area (Å²) in [7, 11) is 0. The Labute approximate surface area is 189 Å². The Kier molecular flexibility index (Phi) is 3.97. The molecule has 1 N–H and O–H groups in total. The van der Waals surface area contributed by atoms with E-state index in [4.69, 9.17) is 11.6 Å². The molecule has 4 atom stereocenters. The Balaban J connectivity index is 1.56. The van der Waals surface area contributed by atoms with E-state index in [1.807, 2.05) is 26.0 Å². The highest BCUT2D eigenvalue weighted by molar-refractivity contribution is 6.32. The molecule has 0 saturated carbocycles. The zero-order chi connectivity index (χ0) is 22.5. The number of benzene rings is 2. The second-order valence-electron chi connectivity index (χ2n) is 9.17. The van der Waals surface area contributed by atoms with Gasteiger partial charge in [-0.15, -0.1) is 0 Å². The fourth-order valence-corrected chi connectivity index (χ4v) is 6.57. The molecule has 8 heteroatoms. The van der Waals surface area contributed by atoms with E-state index in [2.05, 4.69) is 10.2 Å². The molecule has 0 aliphatic carbocycles. The average molecular weight is 454 g/mol. The summed E-state index contributed by atoms with van der Waals surface area (Å²) in [4.78, 5) is 44.4. The number of halogens is 2. The molecular weight excluding hydrogens is 433 g/mol. The van der Waals surface area contributed by atoms with Gasteiger partial charge >= 0.3 is 0 Å². The molecule has 0 bridgehead atoms. The molecular formula is C24H21ClFN3O3. The quantitative estimate of drug-likeness (QED) is 0.671. The van der Waals surface area contributed by atoms with Crippen molar-refractivity contribution in [1.82, 2.24) is 4.90 Å². The molecule has 0 aromatic heterocycles. The van der Waals surface area contributed by atoms with Crippen molar-refractivity contribution in [2.24, 2.45) is 11.8 Å². The number of fused-ring (bicyclic) bond motifs is 7. The lowest BCUT2D eigenvalue weighted by Gasteiger charge is -2.36. The average Bonchev–Trinajstić information content (AvgIpc) is 3.46. The molecule has 0 radical (unpaired) electrons. The predicted molar refractivity (Wildman–Crippen MR) is 117 cm³/mol. The van der Waals surface area contributed by atoms with Gasteiger partial charge in [-0.05, 0) is 62.6 Å². The van der Waals surface area contributed by atoms with Gasteiger partial charge in [0.25, 0.3) is 0 Å². The number of imide groups is 1. The monoisotopic (exact) mass is 453 g/mol. The Bertz CT molecular complexity index is 1250. The molecule has 4 heterocycles. The van der Waals surface area contributed by atoms with Crippen LogP contribution < -0.4 is 10.2 Å². The van der Waals surface area contributed by atoms with Crippen LogP contribution in [0.25, 0.3) is 0 Å². The van der Waals surface area contributed by atoms with E-state index in [0.717, 1.165) is 46.2 Å². The molecule has 3 fully saturated rings. The molecule has 164 valence electrons. The number of carbonyl (C=O) groups is 3. The topological polar surface area (TPSA) is 69.7 Å². The third-order valence-corrected chi connectivity index (χ3v) is 8.15. The maximum Gasteiger partial charge on any atom is 0.250 e. The van der Waals surface area contributed by atoms with Crippen molar-refractivity contribution in [1.29, 1.82) is 0 Å². The number of hydrogen-bond acceptors (Lipinski definition) is 4. The number of anilines is 2. The van der Waals surface area contributed by atoms with Gasteiger partial charge in [-0.25, -0.2) is 9.29 Å². The number of nitrogens with zero attached hydrogens (tertiary/aromatic N) is 2. The maximum absolute atomic E-state index is 13.9. The third-order valence-electron chi connectivity index (χ3n) is 7.86. The number of carbonyl (C=O) groups excluding carboxylic acids is 3. The summed E-state index contributed by atoms with van der Waals surface area (Å²) in [5, 5.41) is 2.88. The lowest BCUT2D eigenvalue weighted by Crippen LogP contribution is -2.54. The number of aryl methyl sites for hydroxylation is 1. The van der Waals surface area contributed by atoms with Gasteiger partial charge in [0.1, 0.15) is 11.4 Å². The molecule has 32 heavy (non-hydrogen) atoms. The van der Waals surface area contributed by atoms with Crippen molar-refractivity contribution in [3.8, 4) is 0 Å². The van der Waals surface area contributed by atoms with Crippen molar-refractivity contribution in [2.75, 3.05) is 16.8 Å². The lowest BCUT2D eigenvalue weighted by atomic mass is 9.75. The van der Waals surface area contributed by atoms with Crippen LogP contribution in [0.5, 0.6) is 0 Å². The molecule has 4 aliphatic heterocycles. The van der Waals surface area contributed by atoms with Gasteiger partial charge < -0.3 is 5.32 Å².